The van der Waals surface area contributed by atoms with Crippen molar-refractivity contribution in [2.75, 3.05) is 24.7 Å². The van der Waals surface area contributed by atoms with Crippen LogP contribution in [-0.4, -0.2) is 69.6 Å². The van der Waals surface area contributed by atoms with Crippen molar-refractivity contribution in [2.45, 2.75) is 75.5 Å². The van der Waals surface area contributed by atoms with Crippen LogP contribution in [0.4, 0.5) is 5.69 Å². The van der Waals surface area contributed by atoms with Crippen LogP contribution >= 0.6 is 23.4 Å². The molecule has 4 rings (SSSR count). The average molecular weight is 603 g/mol. The molecule has 3 saturated heterocycles. The predicted octanol–water partition coefficient (Wildman–Crippen LogP) is 5.42. The van der Waals surface area contributed by atoms with Crippen molar-refractivity contribution in [2.24, 2.45) is 23.7 Å². The highest BCUT2D eigenvalue weighted by molar-refractivity contribution is 8.02. The zero-order chi connectivity index (χ0) is 30.1. The van der Waals surface area contributed by atoms with E-state index in [1.807, 2.05) is 32.9 Å². The number of ether oxygens (including phenoxy) is 1. The minimum Gasteiger partial charge on any atom is -0.465 e. The van der Waals surface area contributed by atoms with Crippen LogP contribution in [0.5, 0.6) is 0 Å². The van der Waals surface area contributed by atoms with E-state index in [4.69, 9.17) is 16.3 Å². The third-order valence-corrected chi connectivity index (χ3v) is 11.3. The van der Waals surface area contributed by atoms with Crippen LogP contribution in [0.1, 0.15) is 52.0 Å². The van der Waals surface area contributed by atoms with Crippen LogP contribution in [0.2, 0.25) is 5.02 Å². The Morgan fingerprint density at radius 1 is 1.32 bits per heavy atom. The Balaban J connectivity index is 1.83. The first-order chi connectivity index (χ1) is 19.5. The summed E-state index contributed by atoms with van der Waals surface area (Å²) in [4.78, 5) is 46.2. The van der Waals surface area contributed by atoms with Crippen molar-refractivity contribution >= 4 is 46.8 Å². The Bertz CT molecular complexity index is 1170. The van der Waals surface area contributed by atoms with Crippen molar-refractivity contribution < 1.29 is 24.2 Å². The summed E-state index contributed by atoms with van der Waals surface area (Å²) < 4.78 is 4.86. The van der Waals surface area contributed by atoms with Gasteiger partial charge in [-0.05, 0) is 56.1 Å². The van der Waals surface area contributed by atoms with Gasteiger partial charge in [-0.1, -0.05) is 56.7 Å². The normalized spacial score (nSPS) is 29.0. The van der Waals surface area contributed by atoms with Crippen LogP contribution in [0.3, 0.4) is 0 Å². The summed E-state index contributed by atoms with van der Waals surface area (Å²) in [6.45, 7) is 15.8. The van der Waals surface area contributed by atoms with Gasteiger partial charge in [-0.15, -0.1) is 24.9 Å². The smallest absolute Gasteiger partial charge is 0.310 e. The molecule has 1 N–H and O–H groups in total. The van der Waals surface area contributed by atoms with Gasteiger partial charge < -0.3 is 19.6 Å². The summed E-state index contributed by atoms with van der Waals surface area (Å²) in [6.07, 6.45) is 6.08. The van der Waals surface area contributed by atoms with Gasteiger partial charge in [0.2, 0.25) is 5.91 Å². The number of aliphatic hydroxyl groups is 1. The molecule has 0 aliphatic carbocycles. The largest absolute Gasteiger partial charge is 0.465 e. The Kier molecular flexibility index (Phi) is 9.97. The maximum absolute atomic E-state index is 14.9. The lowest BCUT2D eigenvalue weighted by atomic mass is 9.66. The van der Waals surface area contributed by atoms with Crippen LogP contribution in [0, 0.1) is 30.6 Å². The van der Waals surface area contributed by atoms with Gasteiger partial charge in [-0.2, -0.15) is 0 Å². The molecule has 2 bridgehead atoms. The molecular weight excluding hydrogens is 560 g/mol. The second kappa shape index (κ2) is 12.9. The third-order valence-electron chi connectivity index (χ3n) is 8.87. The number of halogens is 1. The monoisotopic (exact) mass is 602 g/mol. The highest BCUT2D eigenvalue weighted by Gasteiger charge is 2.77. The molecule has 41 heavy (non-hydrogen) atoms. The Hall–Kier alpha value is -2.29. The lowest BCUT2D eigenvalue weighted by Gasteiger charge is -2.42. The number of aryl methyl sites for hydroxylation is 1. The number of fused-ring (bicyclic) bond motifs is 1. The van der Waals surface area contributed by atoms with Crippen molar-refractivity contribution in [3.63, 3.8) is 0 Å². The van der Waals surface area contributed by atoms with Gasteiger partial charge >= 0.3 is 5.97 Å². The van der Waals surface area contributed by atoms with Gasteiger partial charge in [0.15, 0.2) is 0 Å². The Morgan fingerprint density at radius 2 is 2.05 bits per heavy atom. The molecule has 9 heteroatoms. The van der Waals surface area contributed by atoms with E-state index in [1.165, 1.54) is 0 Å². The first-order valence-corrected chi connectivity index (χ1v) is 15.9. The number of carbonyl (C=O) groups is 3. The van der Waals surface area contributed by atoms with Crippen LogP contribution in [-0.2, 0) is 19.1 Å². The Labute approximate surface area is 253 Å². The predicted molar refractivity (Wildman–Crippen MR) is 165 cm³/mol. The van der Waals surface area contributed by atoms with E-state index in [-0.39, 0.29) is 54.6 Å². The molecule has 3 aliphatic rings. The summed E-state index contributed by atoms with van der Waals surface area (Å²) in [5.41, 5.74) is 1.41. The summed E-state index contributed by atoms with van der Waals surface area (Å²) in [7, 11) is 0. The molecule has 7 atom stereocenters. The van der Waals surface area contributed by atoms with Gasteiger partial charge in [0.05, 0.1) is 46.5 Å². The molecule has 2 amide bonds. The number of aliphatic hydroxyl groups excluding tert-OH is 1. The second-order valence-electron chi connectivity index (χ2n) is 12.0. The number of benzene rings is 1. The molecule has 3 aliphatic heterocycles. The van der Waals surface area contributed by atoms with E-state index in [0.29, 0.717) is 30.0 Å². The first-order valence-electron chi connectivity index (χ1n) is 14.6. The number of amides is 2. The van der Waals surface area contributed by atoms with Gasteiger partial charge in [0.25, 0.3) is 5.91 Å². The number of thioether (sulfide) groups is 1. The van der Waals surface area contributed by atoms with E-state index in [9.17, 15) is 19.5 Å². The lowest BCUT2D eigenvalue weighted by Crippen LogP contribution is -2.59. The maximum atomic E-state index is 14.9. The van der Waals surface area contributed by atoms with Gasteiger partial charge in [0.1, 0.15) is 6.04 Å². The fourth-order valence-corrected chi connectivity index (χ4v) is 9.96. The standard InChI is InChI=1S/C32H43ClN2O5S/c1-7-9-10-15-40-31(39)25-24-17-21(6)32(41-24)26(25)29(37)35(22(18-36)16-19(3)4)28(32)30(38)34(14-8-2)27-20(5)12-11-13-23(27)33/h7-8,11-13,19,21-22,24-26,28,36H,1-2,9-10,14-18H2,3-6H3/t21?,22-,24+,25-,26+,28?,32?/m1/s1. The van der Waals surface area contributed by atoms with Crippen LogP contribution in [0.25, 0.3) is 0 Å². The quantitative estimate of drug-likeness (QED) is 0.184. The van der Waals surface area contributed by atoms with Gasteiger partial charge in [-0.25, -0.2) is 0 Å². The average Bonchev–Trinajstić information content (AvgIpc) is 3.52. The van der Waals surface area contributed by atoms with E-state index in [0.717, 1.165) is 12.0 Å². The maximum Gasteiger partial charge on any atom is 0.310 e. The number of likely N-dealkylation sites (tertiary alicyclic amines) is 1. The lowest BCUT2D eigenvalue weighted by molar-refractivity contribution is -0.155. The molecule has 0 saturated carbocycles. The number of para-hydroxylation sites is 1. The van der Waals surface area contributed by atoms with Crippen LogP contribution in [0.15, 0.2) is 43.5 Å². The molecular formula is C32H43ClN2O5S. The molecule has 7 nitrogen and oxygen atoms in total. The fraction of sp³-hybridized carbons (Fsp3) is 0.594. The number of nitrogens with zero attached hydrogens (tertiary/aromatic N) is 2. The summed E-state index contributed by atoms with van der Waals surface area (Å²) >= 11 is 8.27. The minimum absolute atomic E-state index is 0.00784. The molecule has 224 valence electrons. The first kappa shape index (κ1) is 31.6. The number of unbranched alkanes of at least 4 members (excludes halogenated alkanes) is 1. The second-order valence-corrected chi connectivity index (χ2v) is 14.0. The van der Waals surface area contributed by atoms with Crippen molar-refractivity contribution in [1.29, 1.82) is 0 Å². The number of hydrogen-bond donors (Lipinski definition) is 1. The number of rotatable bonds is 13. The molecule has 1 aromatic carbocycles. The molecule has 3 unspecified atom stereocenters. The molecule has 1 spiro atoms. The number of esters is 1. The fourth-order valence-electron chi connectivity index (χ4n) is 7.25. The van der Waals surface area contributed by atoms with E-state index >= 15 is 0 Å². The third kappa shape index (κ3) is 5.48. The van der Waals surface area contributed by atoms with E-state index in [2.05, 4.69) is 20.1 Å². The molecule has 3 heterocycles. The highest BCUT2D eigenvalue weighted by Crippen LogP contribution is 2.69. The van der Waals surface area contributed by atoms with Gasteiger partial charge in [0, 0.05) is 11.8 Å². The number of carbonyl (C=O) groups excluding carboxylic acids is 3. The molecule has 1 aromatic rings. The number of allylic oxidation sites excluding steroid dienone is 1. The molecule has 0 radical (unpaired) electrons. The zero-order valence-electron chi connectivity index (χ0n) is 24.6. The van der Waals surface area contributed by atoms with E-state index in [1.54, 1.807) is 39.8 Å². The topological polar surface area (TPSA) is 87.2 Å². The van der Waals surface area contributed by atoms with Crippen molar-refractivity contribution in [3.05, 3.63) is 54.1 Å². The Morgan fingerprint density at radius 3 is 2.66 bits per heavy atom. The van der Waals surface area contributed by atoms with Crippen molar-refractivity contribution in [3.8, 4) is 0 Å². The summed E-state index contributed by atoms with van der Waals surface area (Å²) in [5, 5.41) is 10.9. The number of hydrogen-bond acceptors (Lipinski definition) is 6. The molecule has 3 fully saturated rings. The molecule has 0 aromatic heterocycles. The van der Waals surface area contributed by atoms with Crippen molar-refractivity contribution in [1.82, 2.24) is 4.90 Å². The minimum atomic E-state index is -0.880. The summed E-state index contributed by atoms with van der Waals surface area (Å²) in [5.74, 6) is -2.06. The van der Waals surface area contributed by atoms with E-state index < -0.39 is 28.7 Å². The van der Waals surface area contributed by atoms with Crippen LogP contribution < -0.4 is 4.90 Å². The highest BCUT2D eigenvalue weighted by atomic mass is 35.5. The van der Waals surface area contributed by atoms with Gasteiger partial charge in [-0.3, -0.25) is 14.4 Å². The SMILES string of the molecule is C=CCCCOC(=O)[C@@H]1[C@@H]2CC(C)C3(S2)C(C(=O)N(CC=C)c2c(C)cccc2Cl)N([C@@H](CO)CC(C)C)C(=O)[C@H]13. The summed E-state index contributed by atoms with van der Waals surface area (Å²) in [6, 6.07) is 4.04. The number of anilines is 1. The zero-order valence-corrected chi connectivity index (χ0v) is 26.1.